The van der Waals surface area contributed by atoms with Gasteiger partial charge in [-0.2, -0.15) is 0 Å². The highest BCUT2D eigenvalue weighted by molar-refractivity contribution is 4.82. The van der Waals surface area contributed by atoms with Crippen molar-refractivity contribution in [2.24, 2.45) is 11.3 Å². The minimum absolute atomic E-state index is 0.451. The summed E-state index contributed by atoms with van der Waals surface area (Å²) in [5.74, 6) is 1.01. The maximum Gasteiger partial charge on any atom is 0.00474 e. The van der Waals surface area contributed by atoms with Gasteiger partial charge in [-0.15, -0.1) is 0 Å². The van der Waals surface area contributed by atoms with Gasteiger partial charge >= 0.3 is 0 Å². The lowest BCUT2D eigenvalue weighted by atomic mass is 9.85. The van der Waals surface area contributed by atoms with Crippen LogP contribution >= 0.6 is 0 Å². The molecule has 1 fully saturated rings. The molecule has 0 spiro atoms. The van der Waals surface area contributed by atoms with E-state index in [9.17, 15) is 0 Å². The third-order valence-electron chi connectivity index (χ3n) is 4.47. The first kappa shape index (κ1) is 15.0. The molecule has 1 saturated heterocycles. The zero-order valence-corrected chi connectivity index (χ0v) is 12.4. The Kier molecular flexibility index (Phi) is 6.50. The average molecular weight is 240 g/mol. The van der Waals surface area contributed by atoms with Crippen molar-refractivity contribution < 1.29 is 0 Å². The molecule has 0 amide bonds. The Balaban J connectivity index is 2.33. The minimum atomic E-state index is 0.451. The third kappa shape index (κ3) is 4.97. The van der Waals surface area contributed by atoms with E-state index in [-0.39, 0.29) is 0 Å². The second kappa shape index (κ2) is 7.38. The molecule has 17 heavy (non-hydrogen) atoms. The number of nitrogens with one attached hydrogen (secondary N) is 1. The quantitative estimate of drug-likeness (QED) is 0.735. The van der Waals surface area contributed by atoms with Gasteiger partial charge < -0.3 is 10.2 Å². The topological polar surface area (TPSA) is 15.3 Å². The molecule has 1 N–H and O–H groups in total. The predicted molar refractivity (Wildman–Crippen MR) is 76.4 cm³/mol. The lowest BCUT2D eigenvalue weighted by molar-refractivity contribution is 0.113. The van der Waals surface area contributed by atoms with E-state index in [2.05, 4.69) is 38.0 Å². The van der Waals surface area contributed by atoms with Crippen molar-refractivity contribution in [3.8, 4) is 0 Å². The molecule has 1 aliphatic heterocycles. The minimum Gasteiger partial charge on any atom is -0.319 e. The fourth-order valence-electron chi connectivity index (χ4n) is 3.10. The molecule has 102 valence electrons. The molecule has 0 bridgehead atoms. The van der Waals surface area contributed by atoms with Crippen molar-refractivity contribution in [1.82, 2.24) is 10.2 Å². The summed E-state index contributed by atoms with van der Waals surface area (Å²) in [5.41, 5.74) is 0.451. The zero-order valence-electron chi connectivity index (χ0n) is 12.4. The predicted octanol–water partition coefficient (Wildman–Crippen LogP) is 3.13. The van der Waals surface area contributed by atoms with E-state index >= 15 is 0 Å². The van der Waals surface area contributed by atoms with E-state index in [1.54, 1.807) is 0 Å². The van der Waals surface area contributed by atoms with Crippen LogP contribution in [0.5, 0.6) is 0 Å². The molecule has 1 atom stereocenters. The molecule has 1 heterocycles. The van der Waals surface area contributed by atoms with Crippen LogP contribution in [0.4, 0.5) is 0 Å². The van der Waals surface area contributed by atoms with Crippen LogP contribution in [0.3, 0.4) is 0 Å². The average Bonchev–Trinajstić information content (AvgIpc) is 2.32. The highest BCUT2D eigenvalue weighted by Gasteiger charge is 2.27. The fraction of sp³-hybridized carbons (Fsp3) is 1.00. The van der Waals surface area contributed by atoms with E-state index in [0.717, 1.165) is 12.5 Å². The second-order valence-electron chi connectivity index (χ2n) is 6.20. The van der Waals surface area contributed by atoms with Gasteiger partial charge in [0.2, 0.25) is 0 Å². The largest absolute Gasteiger partial charge is 0.319 e. The summed E-state index contributed by atoms with van der Waals surface area (Å²) >= 11 is 0. The number of piperidine rings is 1. The van der Waals surface area contributed by atoms with Crippen molar-refractivity contribution in [2.45, 2.75) is 52.9 Å². The number of nitrogens with zero attached hydrogens (tertiary/aromatic N) is 1. The number of likely N-dealkylation sites (tertiary alicyclic amines) is 1. The maximum absolute atomic E-state index is 3.35. The van der Waals surface area contributed by atoms with Crippen molar-refractivity contribution in [3.63, 3.8) is 0 Å². The first-order chi connectivity index (χ1) is 8.13. The van der Waals surface area contributed by atoms with Gasteiger partial charge in [-0.05, 0) is 50.7 Å². The Labute approximate surface area is 108 Å². The van der Waals surface area contributed by atoms with Gasteiger partial charge in [0.15, 0.2) is 0 Å². The highest BCUT2D eigenvalue weighted by atomic mass is 15.1. The number of hydrogen-bond donors (Lipinski definition) is 1. The van der Waals surface area contributed by atoms with Crippen LogP contribution in [-0.4, -0.2) is 38.1 Å². The van der Waals surface area contributed by atoms with Crippen molar-refractivity contribution >= 4 is 0 Å². The van der Waals surface area contributed by atoms with Gasteiger partial charge in [0, 0.05) is 13.1 Å². The van der Waals surface area contributed by atoms with Crippen LogP contribution in [0.15, 0.2) is 0 Å². The summed E-state index contributed by atoms with van der Waals surface area (Å²) in [6, 6.07) is 0. The molecule has 1 aliphatic rings. The van der Waals surface area contributed by atoms with Crippen LogP contribution in [0, 0.1) is 11.3 Å². The Morgan fingerprint density at radius 3 is 2.35 bits per heavy atom. The molecule has 0 aliphatic carbocycles. The molecule has 2 nitrogen and oxygen atoms in total. The molecule has 0 saturated carbocycles. The SMILES string of the molecule is CCCC1CCN(CC(C)(CC)CNC)CC1. The molecule has 0 aromatic heterocycles. The monoisotopic (exact) mass is 240 g/mol. The fourth-order valence-corrected chi connectivity index (χ4v) is 3.10. The van der Waals surface area contributed by atoms with Crippen LogP contribution in [0.25, 0.3) is 0 Å². The lowest BCUT2D eigenvalue weighted by Crippen LogP contribution is -2.44. The number of rotatable bonds is 7. The summed E-state index contributed by atoms with van der Waals surface area (Å²) in [6.07, 6.45) is 6.91. The van der Waals surface area contributed by atoms with Gasteiger partial charge in [0.1, 0.15) is 0 Å². The molecular weight excluding hydrogens is 208 g/mol. The zero-order chi connectivity index (χ0) is 12.7. The van der Waals surface area contributed by atoms with Crippen molar-refractivity contribution in [1.29, 1.82) is 0 Å². The summed E-state index contributed by atoms with van der Waals surface area (Å²) < 4.78 is 0. The van der Waals surface area contributed by atoms with Crippen molar-refractivity contribution in [2.75, 3.05) is 33.2 Å². The molecule has 0 aromatic carbocycles. The number of hydrogen-bond acceptors (Lipinski definition) is 2. The van der Waals surface area contributed by atoms with E-state index in [1.165, 1.54) is 51.7 Å². The summed E-state index contributed by atoms with van der Waals surface area (Å²) in [5, 5.41) is 3.35. The van der Waals surface area contributed by atoms with E-state index in [4.69, 9.17) is 0 Å². The first-order valence-corrected chi connectivity index (χ1v) is 7.50. The summed E-state index contributed by atoms with van der Waals surface area (Å²) in [6.45, 7) is 12.1. The van der Waals surface area contributed by atoms with Crippen LogP contribution < -0.4 is 5.32 Å². The lowest BCUT2D eigenvalue weighted by Gasteiger charge is -2.38. The maximum atomic E-state index is 3.35. The molecule has 0 radical (unpaired) electrons. The molecule has 1 unspecified atom stereocenters. The van der Waals surface area contributed by atoms with E-state index in [1.807, 2.05) is 0 Å². The molecule has 1 rings (SSSR count). The van der Waals surface area contributed by atoms with Crippen LogP contribution in [0.2, 0.25) is 0 Å². The molecule has 2 heteroatoms. The van der Waals surface area contributed by atoms with Gasteiger partial charge in [0.25, 0.3) is 0 Å². The van der Waals surface area contributed by atoms with Gasteiger partial charge in [0.05, 0.1) is 0 Å². The van der Waals surface area contributed by atoms with E-state index in [0.29, 0.717) is 5.41 Å². The van der Waals surface area contributed by atoms with Gasteiger partial charge in [-0.1, -0.05) is 33.6 Å². The standard InChI is InChI=1S/C15H32N2/c1-5-7-14-8-10-17(11-9-14)13-15(3,6-2)12-16-4/h14,16H,5-13H2,1-4H3. The van der Waals surface area contributed by atoms with Gasteiger partial charge in [-0.25, -0.2) is 0 Å². The smallest absolute Gasteiger partial charge is 0.00474 e. The Morgan fingerprint density at radius 2 is 1.88 bits per heavy atom. The Morgan fingerprint density at radius 1 is 1.24 bits per heavy atom. The first-order valence-electron chi connectivity index (χ1n) is 7.50. The second-order valence-corrected chi connectivity index (χ2v) is 6.20. The third-order valence-corrected chi connectivity index (χ3v) is 4.47. The normalized spacial score (nSPS) is 22.6. The highest BCUT2D eigenvalue weighted by Crippen LogP contribution is 2.26. The van der Waals surface area contributed by atoms with Crippen molar-refractivity contribution in [3.05, 3.63) is 0 Å². The van der Waals surface area contributed by atoms with Gasteiger partial charge in [-0.3, -0.25) is 0 Å². The molecular formula is C15H32N2. The van der Waals surface area contributed by atoms with Crippen LogP contribution in [0.1, 0.15) is 52.9 Å². The van der Waals surface area contributed by atoms with E-state index < -0.39 is 0 Å². The Hall–Kier alpha value is -0.0800. The molecule has 0 aromatic rings. The van der Waals surface area contributed by atoms with Crippen LogP contribution in [-0.2, 0) is 0 Å². The Bertz CT molecular complexity index is 197. The summed E-state index contributed by atoms with van der Waals surface area (Å²) in [7, 11) is 2.07. The summed E-state index contributed by atoms with van der Waals surface area (Å²) in [4.78, 5) is 2.69.